The highest BCUT2D eigenvalue weighted by Gasteiger charge is 2.47. The van der Waals surface area contributed by atoms with E-state index in [1.807, 2.05) is 31.1 Å². The summed E-state index contributed by atoms with van der Waals surface area (Å²) in [4.78, 5) is 42.3. The third-order valence-electron chi connectivity index (χ3n) is 6.18. The van der Waals surface area contributed by atoms with Crippen LogP contribution in [0.1, 0.15) is 27.5 Å². The molecule has 10 heteroatoms. The second kappa shape index (κ2) is 10.8. The summed E-state index contributed by atoms with van der Waals surface area (Å²) in [5.41, 5.74) is 1.77. The van der Waals surface area contributed by atoms with Gasteiger partial charge in [0.1, 0.15) is 11.5 Å². The first-order chi connectivity index (χ1) is 18.1. The Labute approximate surface area is 229 Å². The van der Waals surface area contributed by atoms with Crippen LogP contribution in [0.4, 0.5) is 11.4 Å². The standard InChI is InChI=1S/C28H24Cl2N2O6/c1-31(2)18-10-8-15(9-11-18)23-22(24(33)20-13-17(29)14-21(30)26(20)37-3)25(34)27(35)32(23)19-7-5-6-16(12-19)28(36)38-4/h5-14,23,33H,1-4H3/b24-22+. The molecule has 1 fully saturated rings. The third kappa shape index (κ3) is 4.80. The second-order valence-corrected chi connectivity index (χ2v) is 9.51. The lowest BCUT2D eigenvalue weighted by Crippen LogP contribution is -2.29. The number of hydrogen-bond donors (Lipinski definition) is 1. The number of methoxy groups -OCH3 is 2. The van der Waals surface area contributed by atoms with Gasteiger partial charge in [0.2, 0.25) is 0 Å². The molecular formula is C28H24Cl2N2O6. The topological polar surface area (TPSA) is 96.4 Å². The molecule has 0 bridgehead atoms. The summed E-state index contributed by atoms with van der Waals surface area (Å²) in [6.45, 7) is 0. The van der Waals surface area contributed by atoms with E-state index in [9.17, 15) is 19.5 Å². The maximum atomic E-state index is 13.5. The van der Waals surface area contributed by atoms with Crippen LogP contribution < -0.4 is 14.5 Å². The first kappa shape index (κ1) is 27.0. The molecule has 3 aromatic rings. The van der Waals surface area contributed by atoms with Crippen LogP contribution in [-0.2, 0) is 14.3 Å². The fraction of sp³-hybridized carbons (Fsp3) is 0.179. The number of hydrogen-bond acceptors (Lipinski definition) is 7. The van der Waals surface area contributed by atoms with Crippen molar-refractivity contribution in [1.82, 2.24) is 0 Å². The number of carbonyl (C=O) groups excluding carboxylic acids is 3. The number of esters is 1. The predicted molar refractivity (Wildman–Crippen MR) is 146 cm³/mol. The zero-order valence-electron chi connectivity index (χ0n) is 21.0. The van der Waals surface area contributed by atoms with E-state index in [0.29, 0.717) is 5.56 Å². The highest BCUT2D eigenvalue weighted by atomic mass is 35.5. The van der Waals surface area contributed by atoms with Crippen molar-refractivity contribution in [3.8, 4) is 5.75 Å². The van der Waals surface area contributed by atoms with E-state index in [4.69, 9.17) is 32.7 Å². The van der Waals surface area contributed by atoms with E-state index in [0.717, 1.165) is 5.69 Å². The van der Waals surface area contributed by atoms with Crippen LogP contribution in [0, 0.1) is 0 Å². The number of benzene rings is 3. The van der Waals surface area contributed by atoms with E-state index in [-0.39, 0.29) is 38.2 Å². The van der Waals surface area contributed by atoms with Crippen LogP contribution in [-0.4, -0.2) is 51.1 Å². The number of anilines is 2. The Bertz CT molecular complexity index is 1470. The third-order valence-corrected chi connectivity index (χ3v) is 6.68. The SMILES string of the molecule is COC(=O)c1cccc(N2C(=O)C(=O)/C(=C(/O)c3cc(Cl)cc(Cl)c3OC)C2c2ccc(N(C)C)cc2)c1. The lowest BCUT2D eigenvalue weighted by atomic mass is 9.94. The van der Waals surface area contributed by atoms with Crippen LogP contribution in [0.25, 0.3) is 5.76 Å². The Morgan fingerprint density at radius 1 is 1.00 bits per heavy atom. The molecule has 1 atom stereocenters. The maximum Gasteiger partial charge on any atom is 0.337 e. The van der Waals surface area contributed by atoms with Gasteiger partial charge in [-0.2, -0.15) is 0 Å². The summed E-state index contributed by atoms with van der Waals surface area (Å²) < 4.78 is 10.2. The molecule has 38 heavy (non-hydrogen) atoms. The Balaban J connectivity index is 1.99. The van der Waals surface area contributed by atoms with Crippen molar-refractivity contribution in [2.24, 2.45) is 0 Å². The van der Waals surface area contributed by atoms with E-state index < -0.39 is 29.5 Å². The van der Waals surface area contributed by atoms with Gasteiger partial charge in [-0.25, -0.2) is 4.79 Å². The Hall–Kier alpha value is -4.01. The fourth-order valence-corrected chi connectivity index (χ4v) is 4.93. The Morgan fingerprint density at radius 2 is 1.68 bits per heavy atom. The number of halogens is 2. The molecule has 0 spiro atoms. The van der Waals surface area contributed by atoms with Gasteiger partial charge in [-0.05, 0) is 48.0 Å². The van der Waals surface area contributed by atoms with Gasteiger partial charge in [0.25, 0.3) is 11.7 Å². The van der Waals surface area contributed by atoms with Crippen LogP contribution in [0.5, 0.6) is 5.75 Å². The van der Waals surface area contributed by atoms with Gasteiger partial charge in [-0.3, -0.25) is 14.5 Å². The molecule has 0 aliphatic carbocycles. The van der Waals surface area contributed by atoms with Crippen molar-refractivity contribution in [1.29, 1.82) is 0 Å². The second-order valence-electron chi connectivity index (χ2n) is 8.67. The molecule has 1 unspecified atom stereocenters. The lowest BCUT2D eigenvalue weighted by Gasteiger charge is -2.26. The van der Waals surface area contributed by atoms with E-state index in [2.05, 4.69) is 0 Å². The van der Waals surface area contributed by atoms with E-state index >= 15 is 0 Å². The molecule has 0 radical (unpaired) electrons. The molecule has 0 saturated carbocycles. The number of aliphatic hydroxyl groups is 1. The Morgan fingerprint density at radius 3 is 2.29 bits per heavy atom. The lowest BCUT2D eigenvalue weighted by molar-refractivity contribution is -0.132. The van der Waals surface area contributed by atoms with Gasteiger partial charge >= 0.3 is 5.97 Å². The van der Waals surface area contributed by atoms with Crippen molar-refractivity contribution in [2.45, 2.75) is 6.04 Å². The molecule has 4 rings (SSSR count). The van der Waals surface area contributed by atoms with Gasteiger partial charge in [0, 0.05) is 30.5 Å². The summed E-state index contributed by atoms with van der Waals surface area (Å²) in [5, 5.41) is 11.8. The highest BCUT2D eigenvalue weighted by molar-refractivity contribution is 6.52. The summed E-state index contributed by atoms with van der Waals surface area (Å²) >= 11 is 12.5. The summed E-state index contributed by atoms with van der Waals surface area (Å²) in [6.07, 6.45) is 0. The number of nitrogens with zero attached hydrogens (tertiary/aromatic N) is 2. The first-order valence-corrected chi connectivity index (χ1v) is 12.1. The van der Waals surface area contributed by atoms with Gasteiger partial charge in [0.05, 0.1) is 42.0 Å². The minimum Gasteiger partial charge on any atom is -0.507 e. The van der Waals surface area contributed by atoms with Crippen molar-refractivity contribution >= 4 is 58.0 Å². The zero-order chi connectivity index (χ0) is 27.7. The zero-order valence-corrected chi connectivity index (χ0v) is 22.5. The van der Waals surface area contributed by atoms with Crippen LogP contribution in [0.2, 0.25) is 10.0 Å². The molecule has 1 N–H and O–H groups in total. The average Bonchev–Trinajstić information content (AvgIpc) is 3.17. The number of carbonyl (C=O) groups is 3. The molecule has 3 aromatic carbocycles. The Kier molecular flexibility index (Phi) is 7.66. The maximum absolute atomic E-state index is 13.5. The van der Waals surface area contributed by atoms with Gasteiger partial charge in [0.15, 0.2) is 0 Å². The minimum absolute atomic E-state index is 0.0567. The number of amides is 1. The summed E-state index contributed by atoms with van der Waals surface area (Å²) in [6, 6.07) is 15.1. The number of ether oxygens (including phenoxy) is 2. The molecule has 8 nitrogen and oxygen atoms in total. The number of ketones is 1. The largest absolute Gasteiger partial charge is 0.507 e. The van der Waals surface area contributed by atoms with Crippen molar-refractivity contribution in [3.05, 3.63) is 93.0 Å². The van der Waals surface area contributed by atoms with Gasteiger partial charge in [-0.15, -0.1) is 0 Å². The van der Waals surface area contributed by atoms with Crippen molar-refractivity contribution in [2.75, 3.05) is 38.1 Å². The average molecular weight is 555 g/mol. The smallest absolute Gasteiger partial charge is 0.337 e. The molecule has 1 heterocycles. The normalized spacial score (nSPS) is 16.5. The molecule has 196 valence electrons. The number of aliphatic hydroxyl groups excluding tert-OH is 1. The molecule has 1 amide bonds. The van der Waals surface area contributed by atoms with Crippen LogP contribution in [0.15, 0.2) is 66.2 Å². The molecular weight excluding hydrogens is 531 g/mol. The number of rotatable bonds is 6. The molecule has 1 aliphatic rings. The quantitative estimate of drug-likeness (QED) is 0.186. The molecule has 1 aliphatic heterocycles. The summed E-state index contributed by atoms with van der Waals surface area (Å²) in [7, 11) is 6.38. The monoisotopic (exact) mass is 554 g/mol. The fourth-order valence-electron chi connectivity index (χ4n) is 4.36. The van der Waals surface area contributed by atoms with Gasteiger partial charge in [-0.1, -0.05) is 41.4 Å². The van der Waals surface area contributed by atoms with E-state index in [1.54, 1.807) is 24.3 Å². The van der Waals surface area contributed by atoms with E-state index in [1.165, 1.54) is 43.4 Å². The predicted octanol–water partition coefficient (Wildman–Crippen LogP) is 5.48. The highest BCUT2D eigenvalue weighted by Crippen LogP contribution is 2.45. The molecule has 0 aromatic heterocycles. The first-order valence-electron chi connectivity index (χ1n) is 11.4. The van der Waals surface area contributed by atoms with Crippen LogP contribution in [0.3, 0.4) is 0 Å². The van der Waals surface area contributed by atoms with Crippen molar-refractivity contribution in [3.63, 3.8) is 0 Å². The minimum atomic E-state index is -1.04. The summed E-state index contributed by atoms with van der Waals surface area (Å²) in [5.74, 6) is -2.83. The van der Waals surface area contributed by atoms with Gasteiger partial charge < -0.3 is 19.5 Å². The molecule has 1 saturated heterocycles. The van der Waals surface area contributed by atoms with Crippen LogP contribution >= 0.6 is 23.2 Å². The van der Waals surface area contributed by atoms with Crippen molar-refractivity contribution < 1.29 is 29.0 Å². The number of Topliss-reactive ketones (excluding diaryl/α,β-unsaturated/α-hetero) is 1.